The Kier molecular flexibility index (Phi) is 7.91. The molecule has 1 fully saturated rings. The molecule has 1 heterocycles. The summed E-state index contributed by atoms with van der Waals surface area (Å²) in [4.78, 5) is 2.64. The van der Waals surface area contributed by atoms with Gasteiger partial charge in [0.25, 0.3) is 0 Å². The van der Waals surface area contributed by atoms with E-state index < -0.39 is 0 Å². The van der Waals surface area contributed by atoms with E-state index in [1.807, 2.05) is 0 Å². The summed E-state index contributed by atoms with van der Waals surface area (Å²) in [7, 11) is 1.71. The molecule has 0 aromatic carbocycles. The fourth-order valence-corrected chi connectivity index (χ4v) is 2.94. The monoisotopic (exact) mass is 272 g/mol. The lowest BCUT2D eigenvalue weighted by Crippen LogP contribution is -2.64. The molecule has 1 aliphatic rings. The second-order valence-electron chi connectivity index (χ2n) is 5.47. The zero-order valence-electron chi connectivity index (χ0n) is 13.2. The molecule has 114 valence electrons. The Morgan fingerprint density at radius 3 is 2.47 bits per heavy atom. The number of rotatable bonds is 9. The van der Waals surface area contributed by atoms with E-state index in [0.29, 0.717) is 24.8 Å². The van der Waals surface area contributed by atoms with Gasteiger partial charge in [-0.2, -0.15) is 0 Å². The summed E-state index contributed by atoms with van der Waals surface area (Å²) in [5.41, 5.74) is 0.316. The lowest BCUT2D eigenvalue weighted by molar-refractivity contribution is -0.00361. The lowest BCUT2D eigenvalue weighted by Gasteiger charge is -2.49. The van der Waals surface area contributed by atoms with Gasteiger partial charge in [-0.3, -0.25) is 4.90 Å². The van der Waals surface area contributed by atoms with Crippen molar-refractivity contribution >= 4 is 0 Å². The first-order valence-electron chi connectivity index (χ1n) is 7.77. The fourth-order valence-electron chi connectivity index (χ4n) is 2.94. The van der Waals surface area contributed by atoms with E-state index >= 15 is 0 Å². The van der Waals surface area contributed by atoms with Gasteiger partial charge in [-0.05, 0) is 19.3 Å². The maximum Gasteiger partial charge on any atom is 0.0700 e. The molecule has 0 aromatic heterocycles. The minimum Gasteiger partial charge on any atom is -0.382 e. The maximum atomic E-state index is 5.64. The van der Waals surface area contributed by atoms with E-state index in [1.54, 1.807) is 7.11 Å². The van der Waals surface area contributed by atoms with E-state index in [2.05, 4.69) is 31.0 Å². The lowest BCUT2D eigenvalue weighted by atomic mass is 9.87. The molecular weight excluding hydrogens is 240 g/mol. The van der Waals surface area contributed by atoms with Crippen LogP contribution in [-0.4, -0.2) is 63.0 Å². The van der Waals surface area contributed by atoms with E-state index in [4.69, 9.17) is 9.47 Å². The highest BCUT2D eigenvalue weighted by Gasteiger charge is 2.37. The molecule has 4 heteroatoms. The van der Waals surface area contributed by atoms with Crippen LogP contribution in [0.1, 0.15) is 40.0 Å². The van der Waals surface area contributed by atoms with Crippen LogP contribution in [-0.2, 0) is 9.47 Å². The van der Waals surface area contributed by atoms with Gasteiger partial charge in [-0.15, -0.1) is 0 Å². The maximum absolute atomic E-state index is 5.64. The van der Waals surface area contributed by atoms with Crippen molar-refractivity contribution in [2.24, 2.45) is 0 Å². The highest BCUT2D eigenvalue weighted by atomic mass is 16.5. The fraction of sp³-hybridized carbons (Fsp3) is 1.00. The molecular formula is C15H32N2O2. The van der Waals surface area contributed by atoms with Crippen molar-refractivity contribution in [3.63, 3.8) is 0 Å². The van der Waals surface area contributed by atoms with Crippen LogP contribution < -0.4 is 5.32 Å². The molecule has 19 heavy (non-hydrogen) atoms. The van der Waals surface area contributed by atoms with Crippen LogP contribution >= 0.6 is 0 Å². The van der Waals surface area contributed by atoms with Crippen molar-refractivity contribution in [3.05, 3.63) is 0 Å². The van der Waals surface area contributed by atoms with Gasteiger partial charge < -0.3 is 14.8 Å². The van der Waals surface area contributed by atoms with Gasteiger partial charge in [-0.25, -0.2) is 0 Å². The van der Waals surface area contributed by atoms with E-state index in [1.165, 1.54) is 19.3 Å². The van der Waals surface area contributed by atoms with Crippen molar-refractivity contribution in [1.29, 1.82) is 0 Å². The van der Waals surface area contributed by atoms with Gasteiger partial charge in [0.2, 0.25) is 0 Å². The summed E-state index contributed by atoms with van der Waals surface area (Å²) in [5.74, 6) is 0. The van der Waals surface area contributed by atoms with Crippen LogP contribution in [0.4, 0.5) is 0 Å². The first-order chi connectivity index (χ1) is 9.22. The molecule has 0 radical (unpaired) electrons. The Hall–Kier alpha value is -0.160. The summed E-state index contributed by atoms with van der Waals surface area (Å²) in [5, 5.41) is 3.70. The highest BCUT2D eigenvalue weighted by molar-refractivity contribution is 4.97. The number of hydrogen-bond acceptors (Lipinski definition) is 4. The average Bonchev–Trinajstić information content (AvgIpc) is 2.47. The standard InChI is InChI=1S/C15H32N2O2/c1-5-14-12-17(8-9-19-11-10-18-4)15(6-2,7-3)13-16-14/h14,16H,5-13H2,1-4H3. The Morgan fingerprint density at radius 1 is 1.16 bits per heavy atom. The molecule has 1 saturated heterocycles. The van der Waals surface area contributed by atoms with E-state index in [-0.39, 0.29) is 0 Å². The molecule has 0 spiro atoms. The summed E-state index contributed by atoms with van der Waals surface area (Å²) < 4.78 is 10.6. The Bertz CT molecular complexity index is 232. The van der Waals surface area contributed by atoms with E-state index in [0.717, 1.165) is 26.2 Å². The van der Waals surface area contributed by atoms with Crippen molar-refractivity contribution in [2.45, 2.75) is 51.6 Å². The quantitative estimate of drug-likeness (QED) is 0.650. The van der Waals surface area contributed by atoms with E-state index in [9.17, 15) is 0 Å². The topological polar surface area (TPSA) is 33.7 Å². The van der Waals surface area contributed by atoms with Gasteiger partial charge in [0, 0.05) is 38.3 Å². The molecule has 1 atom stereocenters. The molecule has 1 rings (SSSR count). The summed E-state index contributed by atoms with van der Waals surface area (Å²) >= 11 is 0. The number of ether oxygens (including phenoxy) is 2. The molecule has 0 saturated carbocycles. The number of hydrogen-bond donors (Lipinski definition) is 1. The first-order valence-corrected chi connectivity index (χ1v) is 7.77. The number of methoxy groups -OCH3 is 1. The molecule has 4 nitrogen and oxygen atoms in total. The Morgan fingerprint density at radius 2 is 1.89 bits per heavy atom. The summed E-state index contributed by atoms with van der Waals surface area (Å²) in [6.07, 6.45) is 3.60. The van der Waals surface area contributed by atoms with Gasteiger partial charge in [-0.1, -0.05) is 20.8 Å². The largest absolute Gasteiger partial charge is 0.382 e. The van der Waals surface area contributed by atoms with Crippen molar-refractivity contribution < 1.29 is 9.47 Å². The number of piperazine rings is 1. The smallest absolute Gasteiger partial charge is 0.0700 e. The Balaban J connectivity index is 2.46. The van der Waals surface area contributed by atoms with Gasteiger partial charge >= 0.3 is 0 Å². The van der Waals surface area contributed by atoms with Crippen LogP contribution in [0.25, 0.3) is 0 Å². The summed E-state index contributed by atoms with van der Waals surface area (Å²) in [6.45, 7) is 12.3. The molecule has 0 aromatic rings. The SMILES string of the molecule is CCC1CN(CCOCCOC)C(CC)(CC)CN1. The molecule has 0 amide bonds. The zero-order chi connectivity index (χ0) is 14.1. The molecule has 0 aliphatic carbocycles. The molecule has 0 bridgehead atoms. The predicted molar refractivity (Wildman–Crippen MR) is 79.7 cm³/mol. The molecule has 1 unspecified atom stereocenters. The summed E-state index contributed by atoms with van der Waals surface area (Å²) in [6, 6.07) is 0.630. The van der Waals surface area contributed by atoms with Gasteiger partial charge in [0.1, 0.15) is 0 Å². The van der Waals surface area contributed by atoms with Crippen LogP contribution in [0.5, 0.6) is 0 Å². The highest BCUT2D eigenvalue weighted by Crippen LogP contribution is 2.27. The third-order valence-corrected chi connectivity index (χ3v) is 4.58. The van der Waals surface area contributed by atoms with Crippen LogP contribution in [0.3, 0.4) is 0 Å². The van der Waals surface area contributed by atoms with Gasteiger partial charge in [0.15, 0.2) is 0 Å². The number of nitrogens with zero attached hydrogens (tertiary/aromatic N) is 1. The zero-order valence-corrected chi connectivity index (χ0v) is 13.2. The van der Waals surface area contributed by atoms with Crippen LogP contribution in [0.2, 0.25) is 0 Å². The van der Waals surface area contributed by atoms with Crippen LogP contribution in [0, 0.1) is 0 Å². The second kappa shape index (κ2) is 8.90. The average molecular weight is 272 g/mol. The first kappa shape index (κ1) is 16.9. The minimum atomic E-state index is 0.316. The van der Waals surface area contributed by atoms with Crippen molar-refractivity contribution in [3.8, 4) is 0 Å². The minimum absolute atomic E-state index is 0.316. The van der Waals surface area contributed by atoms with Gasteiger partial charge in [0.05, 0.1) is 19.8 Å². The molecule has 1 N–H and O–H groups in total. The Labute approximate surface area is 118 Å². The second-order valence-corrected chi connectivity index (χ2v) is 5.47. The third-order valence-electron chi connectivity index (χ3n) is 4.58. The van der Waals surface area contributed by atoms with Crippen LogP contribution in [0.15, 0.2) is 0 Å². The van der Waals surface area contributed by atoms with Crippen molar-refractivity contribution in [1.82, 2.24) is 10.2 Å². The third kappa shape index (κ3) is 4.71. The number of nitrogens with one attached hydrogen (secondary N) is 1. The van der Waals surface area contributed by atoms with Crippen molar-refractivity contribution in [2.75, 3.05) is 46.6 Å². The normalized spacial score (nSPS) is 23.7. The predicted octanol–water partition coefficient (Wildman–Crippen LogP) is 1.89. The molecule has 1 aliphatic heterocycles.